The molecule has 1 aromatic rings. The Bertz CT molecular complexity index is 696. The van der Waals surface area contributed by atoms with Gasteiger partial charge in [-0.15, -0.1) is 0 Å². The van der Waals surface area contributed by atoms with Gasteiger partial charge in [0.2, 0.25) is 0 Å². The van der Waals surface area contributed by atoms with Crippen molar-refractivity contribution in [2.24, 2.45) is 5.92 Å². The van der Waals surface area contributed by atoms with Gasteiger partial charge in [0.05, 0.1) is 0 Å². The molecule has 0 bridgehead atoms. The molecule has 0 amide bonds. The lowest BCUT2D eigenvalue weighted by atomic mass is 10.0. The van der Waals surface area contributed by atoms with E-state index in [-0.39, 0.29) is 16.9 Å². The standard InChI is InChI=1S/C17H18F2O6/c1-9(2)13(17(18,19)16(22)23)25-15(21)11-7-5-6-8-12(11)24-14(20)10(3)4/h5-9,13H,3H2,1-2,4H3,(H,22,23)/p-1. The molecule has 8 heteroatoms. The van der Waals surface area contributed by atoms with Crippen molar-refractivity contribution in [3.8, 4) is 5.75 Å². The molecule has 1 rings (SSSR count). The molecule has 6 nitrogen and oxygen atoms in total. The molecule has 1 aromatic carbocycles. The topological polar surface area (TPSA) is 92.7 Å². The van der Waals surface area contributed by atoms with Crippen LogP contribution in [0.2, 0.25) is 0 Å². The molecular formula is C17H17F2O6-. The number of aliphatic carboxylic acids is 1. The molecule has 0 aliphatic rings. The van der Waals surface area contributed by atoms with E-state index in [4.69, 9.17) is 4.74 Å². The number of para-hydroxylation sites is 1. The Morgan fingerprint density at radius 3 is 2.24 bits per heavy atom. The van der Waals surface area contributed by atoms with Crippen LogP contribution in [0.15, 0.2) is 36.4 Å². The maximum absolute atomic E-state index is 13.7. The van der Waals surface area contributed by atoms with Crippen molar-refractivity contribution < 1.29 is 37.7 Å². The van der Waals surface area contributed by atoms with Crippen LogP contribution < -0.4 is 9.84 Å². The Kier molecular flexibility index (Phi) is 6.38. The summed E-state index contributed by atoms with van der Waals surface area (Å²) in [6.07, 6.45) is -2.25. The van der Waals surface area contributed by atoms with Crippen molar-refractivity contribution >= 4 is 17.9 Å². The predicted octanol–water partition coefficient (Wildman–Crippen LogP) is 1.73. The number of carbonyl (C=O) groups excluding carboxylic acids is 3. The molecule has 0 N–H and O–H groups in total. The molecule has 0 saturated carbocycles. The van der Waals surface area contributed by atoms with Gasteiger partial charge in [0.1, 0.15) is 17.3 Å². The van der Waals surface area contributed by atoms with Gasteiger partial charge in [0, 0.05) is 5.57 Å². The fraction of sp³-hybridized carbons (Fsp3) is 0.353. The summed E-state index contributed by atoms with van der Waals surface area (Å²) in [4.78, 5) is 34.4. The van der Waals surface area contributed by atoms with Gasteiger partial charge in [0.15, 0.2) is 6.10 Å². The maximum Gasteiger partial charge on any atom is 0.342 e. The number of carbonyl (C=O) groups is 3. The van der Waals surface area contributed by atoms with Crippen molar-refractivity contribution in [2.45, 2.75) is 32.8 Å². The Balaban J connectivity index is 3.13. The van der Waals surface area contributed by atoms with Crippen molar-refractivity contribution in [3.63, 3.8) is 0 Å². The first-order chi connectivity index (χ1) is 11.5. The van der Waals surface area contributed by atoms with Crippen LogP contribution in [0.1, 0.15) is 31.1 Å². The highest BCUT2D eigenvalue weighted by Crippen LogP contribution is 2.29. The second-order valence-corrected chi connectivity index (χ2v) is 5.65. The maximum atomic E-state index is 13.7. The smallest absolute Gasteiger partial charge is 0.342 e. The van der Waals surface area contributed by atoms with E-state index in [1.807, 2.05) is 0 Å². The van der Waals surface area contributed by atoms with E-state index >= 15 is 0 Å². The predicted molar refractivity (Wildman–Crippen MR) is 80.9 cm³/mol. The van der Waals surface area contributed by atoms with E-state index in [1.165, 1.54) is 45.0 Å². The van der Waals surface area contributed by atoms with Crippen molar-refractivity contribution in [1.82, 2.24) is 0 Å². The number of halogens is 2. The minimum Gasteiger partial charge on any atom is -0.544 e. The highest BCUT2D eigenvalue weighted by molar-refractivity contribution is 5.95. The Morgan fingerprint density at radius 2 is 1.76 bits per heavy atom. The number of benzene rings is 1. The van der Waals surface area contributed by atoms with E-state index < -0.39 is 35.9 Å². The third-order valence-electron chi connectivity index (χ3n) is 3.13. The normalized spacial score (nSPS) is 12.4. The first-order valence-corrected chi connectivity index (χ1v) is 7.25. The molecule has 0 saturated heterocycles. The molecule has 0 aromatic heterocycles. The SMILES string of the molecule is C=C(C)C(=O)Oc1ccccc1C(=O)OC(C(C)C)C(F)(F)C(=O)[O-]. The van der Waals surface area contributed by atoms with E-state index in [9.17, 15) is 28.3 Å². The summed E-state index contributed by atoms with van der Waals surface area (Å²) >= 11 is 0. The number of alkyl halides is 2. The molecule has 1 atom stereocenters. The van der Waals surface area contributed by atoms with Gasteiger partial charge in [-0.1, -0.05) is 32.6 Å². The third-order valence-corrected chi connectivity index (χ3v) is 3.13. The average molecular weight is 355 g/mol. The summed E-state index contributed by atoms with van der Waals surface area (Å²) in [5.41, 5.74) is -0.247. The molecule has 0 aliphatic heterocycles. The lowest BCUT2D eigenvalue weighted by Crippen LogP contribution is -2.53. The highest BCUT2D eigenvalue weighted by atomic mass is 19.3. The van der Waals surface area contributed by atoms with E-state index in [0.29, 0.717) is 0 Å². The van der Waals surface area contributed by atoms with Crippen LogP contribution in [0.5, 0.6) is 5.75 Å². The van der Waals surface area contributed by atoms with E-state index in [2.05, 4.69) is 11.3 Å². The quantitative estimate of drug-likeness (QED) is 0.420. The number of carboxylic acids is 1. The molecule has 0 spiro atoms. The fourth-order valence-corrected chi connectivity index (χ4v) is 1.83. The number of ether oxygens (including phenoxy) is 2. The van der Waals surface area contributed by atoms with Crippen LogP contribution in [-0.2, 0) is 14.3 Å². The molecule has 0 aliphatic carbocycles. The van der Waals surface area contributed by atoms with Crippen molar-refractivity contribution in [2.75, 3.05) is 0 Å². The average Bonchev–Trinajstić information content (AvgIpc) is 2.51. The molecule has 1 unspecified atom stereocenters. The van der Waals surface area contributed by atoms with E-state index in [0.717, 1.165) is 0 Å². The van der Waals surface area contributed by atoms with Crippen molar-refractivity contribution in [1.29, 1.82) is 0 Å². The van der Waals surface area contributed by atoms with Crippen LogP contribution >= 0.6 is 0 Å². The highest BCUT2D eigenvalue weighted by Gasteiger charge is 2.46. The molecule has 0 heterocycles. The number of carboxylic acid groups (broad SMARTS) is 1. The number of hydrogen-bond acceptors (Lipinski definition) is 6. The van der Waals surface area contributed by atoms with Crippen LogP contribution in [0.25, 0.3) is 0 Å². The largest absolute Gasteiger partial charge is 0.544 e. The van der Waals surface area contributed by atoms with Crippen LogP contribution in [-0.4, -0.2) is 29.9 Å². The van der Waals surface area contributed by atoms with Gasteiger partial charge in [-0.2, -0.15) is 8.78 Å². The minimum absolute atomic E-state index is 0.0618. The number of rotatable bonds is 7. The lowest BCUT2D eigenvalue weighted by molar-refractivity contribution is -0.337. The van der Waals surface area contributed by atoms with Gasteiger partial charge in [-0.25, -0.2) is 9.59 Å². The van der Waals surface area contributed by atoms with Crippen LogP contribution in [0, 0.1) is 5.92 Å². The molecule has 136 valence electrons. The third kappa shape index (κ3) is 4.85. The van der Waals surface area contributed by atoms with Crippen LogP contribution in [0.4, 0.5) is 8.78 Å². The monoisotopic (exact) mass is 355 g/mol. The summed E-state index contributed by atoms with van der Waals surface area (Å²) in [7, 11) is 0. The Morgan fingerprint density at radius 1 is 1.20 bits per heavy atom. The Labute approximate surface area is 143 Å². The number of esters is 2. The second-order valence-electron chi connectivity index (χ2n) is 5.65. The van der Waals surface area contributed by atoms with Gasteiger partial charge >= 0.3 is 17.9 Å². The Hall–Kier alpha value is -2.77. The summed E-state index contributed by atoms with van der Waals surface area (Å²) in [6.45, 7) is 7.31. The molecular weight excluding hydrogens is 338 g/mol. The van der Waals surface area contributed by atoms with Crippen molar-refractivity contribution in [3.05, 3.63) is 42.0 Å². The summed E-state index contributed by atoms with van der Waals surface area (Å²) in [6, 6.07) is 5.31. The number of hydrogen-bond donors (Lipinski definition) is 0. The first kappa shape index (κ1) is 20.3. The van der Waals surface area contributed by atoms with Gasteiger partial charge < -0.3 is 19.4 Å². The minimum atomic E-state index is -4.38. The van der Waals surface area contributed by atoms with Crippen LogP contribution in [0.3, 0.4) is 0 Å². The zero-order chi connectivity index (χ0) is 19.4. The lowest BCUT2D eigenvalue weighted by Gasteiger charge is -2.30. The molecule has 0 fully saturated rings. The van der Waals surface area contributed by atoms with E-state index in [1.54, 1.807) is 0 Å². The van der Waals surface area contributed by atoms with Gasteiger partial charge in [0.25, 0.3) is 0 Å². The van der Waals surface area contributed by atoms with Gasteiger partial charge in [-0.3, -0.25) is 0 Å². The summed E-state index contributed by atoms with van der Waals surface area (Å²) in [5, 5.41) is 10.6. The zero-order valence-corrected chi connectivity index (χ0v) is 13.9. The zero-order valence-electron chi connectivity index (χ0n) is 13.9. The molecule has 0 radical (unpaired) electrons. The second kappa shape index (κ2) is 7.87. The fourth-order valence-electron chi connectivity index (χ4n) is 1.83. The summed E-state index contributed by atoms with van der Waals surface area (Å²) in [5.74, 6) is -10.3. The molecule has 25 heavy (non-hydrogen) atoms. The van der Waals surface area contributed by atoms with Gasteiger partial charge in [-0.05, 0) is 25.0 Å². The first-order valence-electron chi connectivity index (χ1n) is 7.25. The summed E-state index contributed by atoms with van der Waals surface area (Å²) < 4.78 is 37.1.